The van der Waals surface area contributed by atoms with Crippen molar-refractivity contribution in [3.63, 3.8) is 0 Å². The molecule has 1 heterocycles. The maximum atomic E-state index is 12.1. The lowest BCUT2D eigenvalue weighted by molar-refractivity contribution is 0.323. The van der Waals surface area contributed by atoms with E-state index in [1.54, 1.807) is 25.2 Å². The van der Waals surface area contributed by atoms with Gasteiger partial charge in [-0.25, -0.2) is 18.1 Å². The van der Waals surface area contributed by atoms with Gasteiger partial charge in [-0.2, -0.15) is 0 Å². The highest BCUT2D eigenvalue weighted by atomic mass is 32.2. The summed E-state index contributed by atoms with van der Waals surface area (Å²) in [7, 11) is -3.18. The maximum absolute atomic E-state index is 12.1. The van der Waals surface area contributed by atoms with Crippen molar-refractivity contribution in [1.29, 1.82) is 0 Å². The number of benzene rings is 2. The summed E-state index contributed by atoms with van der Waals surface area (Å²) < 4.78 is 28.2. The van der Waals surface area contributed by atoms with Gasteiger partial charge >= 0.3 is 0 Å². The van der Waals surface area contributed by atoms with Crippen molar-refractivity contribution in [1.82, 2.24) is 9.71 Å². The Morgan fingerprint density at radius 2 is 1.77 bits per heavy atom. The van der Waals surface area contributed by atoms with Crippen molar-refractivity contribution in [2.75, 3.05) is 11.9 Å². The lowest BCUT2D eigenvalue weighted by Crippen LogP contribution is -2.41. The van der Waals surface area contributed by atoms with Crippen molar-refractivity contribution in [3.05, 3.63) is 48.0 Å². The van der Waals surface area contributed by atoms with Gasteiger partial charge in [0.1, 0.15) is 5.01 Å². The SMILES string of the molecule is Cc1ccc2nc(-c3ccc(NCC4CCC(NS(=O)(=O)C(C)C)CC4)cc3)sc2c1. The third kappa shape index (κ3) is 5.45. The summed E-state index contributed by atoms with van der Waals surface area (Å²) in [5.41, 5.74) is 4.57. The molecule has 1 saturated carbocycles. The molecule has 0 saturated heterocycles. The fourth-order valence-corrected chi connectivity index (χ4v) is 6.04. The molecule has 1 fully saturated rings. The predicted molar refractivity (Wildman–Crippen MR) is 131 cm³/mol. The Bertz CT molecular complexity index is 1130. The zero-order chi connectivity index (χ0) is 22.0. The Labute approximate surface area is 189 Å². The summed E-state index contributed by atoms with van der Waals surface area (Å²) >= 11 is 1.73. The van der Waals surface area contributed by atoms with Crippen LogP contribution in [-0.2, 0) is 10.0 Å². The average Bonchev–Trinajstić information content (AvgIpc) is 3.16. The normalized spacial score (nSPS) is 19.7. The van der Waals surface area contributed by atoms with Crippen molar-refractivity contribution in [2.45, 2.75) is 57.7 Å². The number of hydrogen-bond donors (Lipinski definition) is 2. The van der Waals surface area contributed by atoms with Gasteiger partial charge in [-0.1, -0.05) is 6.07 Å². The van der Waals surface area contributed by atoms with Crippen LogP contribution in [0.25, 0.3) is 20.8 Å². The maximum Gasteiger partial charge on any atom is 0.214 e. The Morgan fingerprint density at radius 3 is 2.45 bits per heavy atom. The molecule has 0 atom stereocenters. The smallest absolute Gasteiger partial charge is 0.214 e. The molecule has 0 bridgehead atoms. The molecule has 0 spiro atoms. The first-order chi connectivity index (χ1) is 14.8. The standard InChI is InChI=1S/C24H31N3O2S2/c1-16(2)31(28,29)27-21-9-5-18(6-10-21)15-25-20-11-7-19(8-12-20)24-26-22-13-4-17(3)14-23(22)30-24/h4,7-8,11-14,16,18,21,25,27H,5-6,9-10,15H2,1-3H3. The summed E-state index contributed by atoms with van der Waals surface area (Å²) in [6.07, 6.45) is 3.91. The van der Waals surface area contributed by atoms with Crippen LogP contribution >= 0.6 is 11.3 Å². The Morgan fingerprint density at radius 1 is 1.06 bits per heavy atom. The van der Waals surface area contributed by atoms with E-state index >= 15 is 0 Å². The van der Waals surface area contributed by atoms with Gasteiger partial charge in [-0.05, 0) is 94.3 Å². The van der Waals surface area contributed by atoms with Crippen LogP contribution < -0.4 is 10.0 Å². The van der Waals surface area contributed by atoms with Crippen LogP contribution in [0.2, 0.25) is 0 Å². The molecule has 4 rings (SSSR count). The minimum absolute atomic E-state index is 0.0838. The minimum Gasteiger partial charge on any atom is -0.385 e. The number of aryl methyl sites for hydroxylation is 1. The molecule has 5 nitrogen and oxygen atoms in total. The van der Waals surface area contributed by atoms with Crippen molar-refractivity contribution in [3.8, 4) is 10.6 Å². The molecular formula is C24H31N3O2S2. The van der Waals surface area contributed by atoms with Gasteiger partial charge in [0.25, 0.3) is 0 Å². The first-order valence-corrected chi connectivity index (χ1v) is 13.4. The van der Waals surface area contributed by atoms with Crippen LogP contribution in [0.5, 0.6) is 0 Å². The first kappa shape index (κ1) is 22.2. The summed E-state index contributed by atoms with van der Waals surface area (Å²) in [4.78, 5) is 4.77. The Kier molecular flexibility index (Phi) is 6.65. The summed E-state index contributed by atoms with van der Waals surface area (Å²) in [5, 5.41) is 4.23. The van der Waals surface area contributed by atoms with E-state index in [0.29, 0.717) is 5.92 Å². The van der Waals surface area contributed by atoms with Crippen LogP contribution in [0.15, 0.2) is 42.5 Å². The molecule has 1 aromatic heterocycles. The number of anilines is 1. The first-order valence-electron chi connectivity index (χ1n) is 11.0. The lowest BCUT2D eigenvalue weighted by atomic mass is 9.86. The largest absolute Gasteiger partial charge is 0.385 e. The number of aromatic nitrogens is 1. The number of nitrogens with zero attached hydrogens (tertiary/aromatic N) is 1. The van der Waals surface area contributed by atoms with E-state index in [9.17, 15) is 8.42 Å². The molecule has 166 valence electrons. The summed E-state index contributed by atoms with van der Waals surface area (Å²) in [5.74, 6) is 0.576. The number of fused-ring (bicyclic) bond motifs is 1. The van der Waals surface area contributed by atoms with Gasteiger partial charge in [-0.15, -0.1) is 11.3 Å². The third-order valence-electron chi connectivity index (χ3n) is 6.07. The average molecular weight is 458 g/mol. The second-order valence-corrected chi connectivity index (χ2v) is 12.2. The predicted octanol–water partition coefficient (Wildman–Crippen LogP) is 5.57. The van der Waals surface area contributed by atoms with Crippen molar-refractivity contribution < 1.29 is 8.42 Å². The molecule has 0 unspecified atom stereocenters. The van der Waals surface area contributed by atoms with E-state index in [1.165, 1.54) is 10.3 Å². The van der Waals surface area contributed by atoms with Gasteiger partial charge in [0.15, 0.2) is 0 Å². The zero-order valence-corrected chi connectivity index (χ0v) is 20.0. The molecule has 1 aliphatic rings. The molecule has 2 N–H and O–H groups in total. The number of sulfonamides is 1. The van der Waals surface area contributed by atoms with Crippen molar-refractivity contribution in [2.24, 2.45) is 5.92 Å². The second-order valence-electron chi connectivity index (χ2n) is 8.88. The third-order valence-corrected chi connectivity index (χ3v) is 9.04. The number of thiazole rings is 1. The summed E-state index contributed by atoms with van der Waals surface area (Å²) in [6, 6.07) is 15.0. The quantitative estimate of drug-likeness (QED) is 0.486. The van der Waals surface area contributed by atoms with Gasteiger partial charge in [0.05, 0.1) is 15.5 Å². The highest BCUT2D eigenvalue weighted by Gasteiger charge is 2.26. The molecule has 7 heteroatoms. The lowest BCUT2D eigenvalue weighted by Gasteiger charge is -2.29. The van der Waals surface area contributed by atoms with Gasteiger partial charge in [0, 0.05) is 23.8 Å². The minimum atomic E-state index is -3.18. The highest BCUT2D eigenvalue weighted by Crippen LogP contribution is 2.31. The van der Waals surface area contributed by atoms with Crippen LogP contribution in [-0.4, -0.2) is 31.2 Å². The van der Waals surface area contributed by atoms with Crippen LogP contribution in [0.3, 0.4) is 0 Å². The van der Waals surface area contributed by atoms with Gasteiger partial charge in [-0.3, -0.25) is 0 Å². The van der Waals surface area contributed by atoms with E-state index in [-0.39, 0.29) is 11.3 Å². The van der Waals surface area contributed by atoms with Crippen LogP contribution in [0.1, 0.15) is 45.1 Å². The van der Waals surface area contributed by atoms with E-state index in [2.05, 4.69) is 59.4 Å². The highest BCUT2D eigenvalue weighted by molar-refractivity contribution is 7.90. The fraction of sp³-hybridized carbons (Fsp3) is 0.458. The Balaban J connectivity index is 1.29. The molecule has 1 aliphatic carbocycles. The molecule has 0 aliphatic heterocycles. The topological polar surface area (TPSA) is 71.1 Å². The van der Waals surface area contributed by atoms with E-state index in [4.69, 9.17) is 4.98 Å². The molecule has 3 aromatic rings. The molecule has 0 amide bonds. The number of nitrogens with one attached hydrogen (secondary N) is 2. The van der Waals surface area contributed by atoms with E-state index in [0.717, 1.165) is 54.0 Å². The van der Waals surface area contributed by atoms with Gasteiger partial charge < -0.3 is 5.32 Å². The van der Waals surface area contributed by atoms with E-state index in [1.807, 2.05) is 0 Å². The second kappa shape index (κ2) is 9.27. The zero-order valence-electron chi connectivity index (χ0n) is 18.4. The fourth-order valence-electron chi connectivity index (χ4n) is 4.00. The van der Waals surface area contributed by atoms with E-state index < -0.39 is 10.0 Å². The Hall–Kier alpha value is -1.96. The number of hydrogen-bond acceptors (Lipinski definition) is 5. The van der Waals surface area contributed by atoms with Gasteiger partial charge in [0.2, 0.25) is 10.0 Å². The van der Waals surface area contributed by atoms with Crippen LogP contribution in [0.4, 0.5) is 5.69 Å². The van der Waals surface area contributed by atoms with Crippen molar-refractivity contribution >= 4 is 37.3 Å². The number of rotatable bonds is 7. The molecule has 31 heavy (non-hydrogen) atoms. The summed E-state index contributed by atoms with van der Waals surface area (Å²) in [6.45, 7) is 6.47. The monoisotopic (exact) mass is 457 g/mol. The molecule has 2 aromatic carbocycles. The molecular weight excluding hydrogens is 426 g/mol. The molecule has 0 radical (unpaired) electrons. The van der Waals surface area contributed by atoms with Crippen LogP contribution in [0, 0.1) is 12.8 Å².